The van der Waals surface area contributed by atoms with Crippen molar-refractivity contribution in [3.05, 3.63) is 0 Å². The van der Waals surface area contributed by atoms with Crippen molar-refractivity contribution < 1.29 is 0 Å². The van der Waals surface area contributed by atoms with Crippen LogP contribution in [0.25, 0.3) is 0 Å². The van der Waals surface area contributed by atoms with E-state index in [0.29, 0.717) is 0 Å². The maximum atomic E-state index is 5.42. The minimum absolute atomic E-state index is 0.723. The van der Waals surface area contributed by atoms with Crippen molar-refractivity contribution in [3.8, 4) is 0 Å². The molecule has 1 heteroatoms. The molecule has 0 N–H and O–H groups in total. The van der Waals surface area contributed by atoms with Crippen molar-refractivity contribution in [2.24, 2.45) is 11.8 Å². The molecule has 0 aromatic heterocycles. The van der Waals surface area contributed by atoms with Crippen LogP contribution in [0.4, 0.5) is 0 Å². The molecule has 0 aromatic rings. The van der Waals surface area contributed by atoms with Crippen LogP contribution in [-0.2, 0) is 0 Å². The molecule has 0 aliphatic heterocycles. The van der Waals surface area contributed by atoms with E-state index in [1.807, 2.05) is 5.97 Å². The Kier molecular flexibility index (Phi) is 2.50. The monoisotopic (exact) mass is 121 g/mol. The molecule has 0 atom stereocenters. The van der Waals surface area contributed by atoms with Gasteiger partial charge < -0.3 is 0 Å². The van der Waals surface area contributed by atoms with Crippen LogP contribution in [0.3, 0.4) is 0 Å². The molecule has 1 rings (SSSR count). The van der Waals surface area contributed by atoms with Crippen LogP contribution in [0.2, 0.25) is 0 Å². The fraction of sp³-hybridized carbons (Fsp3) is 0.875. The second kappa shape index (κ2) is 3.19. The Morgan fingerprint density at radius 3 is 2.22 bits per heavy atom. The Morgan fingerprint density at radius 1 is 1.22 bits per heavy atom. The van der Waals surface area contributed by atoms with Gasteiger partial charge in [0.15, 0.2) is 0 Å². The molecule has 49 valence electrons. The van der Waals surface area contributed by atoms with Gasteiger partial charge in [0, 0.05) is 0 Å². The third-order valence-electron chi connectivity index (χ3n) is 2.33. The standard InChI is InChI=1S/C8H14B/c1-7-2-4-8(6-9)5-3-7/h6-8H,2-5H2,1H3. The molecular weight excluding hydrogens is 107 g/mol. The fourth-order valence-corrected chi connectivity index (χ4v) is 1.48. The summed E-state index contributed by atoms with van der Waals surface area (Å²) < 4.78 is 0. The third-order valence-corrected chi connectivity index (χ3v) is 2.33. The summed E-state index contributed by atoms with van der Waals surface area (Å²) in [5.41, 5.74) is 0. The second-order valence-corrected chi connectivity index (χ2v) is 3.21. The molecule has 0 saturated heterocycles. The zero-order valence-corrected chi connectivity index (χ0v) is 6.14. The van der Waals surface area contributed by atoms with E-state index in [2.05, 4.69) is 6.92 Å². The summed E-state index contributed by atoms with van der Waals surface area (Å²) in [6.07, 6.45) is 5.38. The minimum atomic E-state index is 0.723. The molecule has 0 spiro atoms. The quantitative estimate of drug-likeness (QED) is 0.464. The first-order valence-corrected chi connectivity index (χ1v) is 3.88. The van der Waals surface area contributed by atoms with Gasteiger partial charge >= 0.3 is 57.9 Å². The Labute approximate surface area is 58.7 Å². The number of hydrogen-bond acceptors (Lipinski definition) is 0. The molecule has 1 saturated carbocycles. The van der Waals surface area contributed by atoms with Gasteiger partial charge in [0.05, 0.1) is 0 Å². The Bertz CT molecular complexity index is 90.7. The normalized spacial score (nSPS) is 36.0. The molecule has 1 aliphatic carbocycles. The van der Waals surface area contributed by atoms with E-state index >= 15 is 0 Å². The van der Waals surface area contributed by atoms with Gasteiger partial charge in [-0.1, -0.05) is 0 Å². The van der Waals surface area contributed by atoms with Crippen molar-refractivity contribution in [3.63, 3.8) is 0 Å². The van der Waals surface area contributed by atoms with E-state index < -0.39 is 0 Å². The van der Waals surface area contributed by atoms with Crippen molar-refractivity contribution >= 4 is 13.5 Å². The molecule has 1 aliphatic rings. The molecule has 0 bridgehead atoms. The van der Waals surface area contributed by atoms with Crippen LogP contribution in [0.1, 0.15) is 32.6 Å². The molecule has 0 unspecified atom stereocenters. The van der Waals surface area contributed by atoms with E-state index in [0.717, 1.165) is 11.8 Å². The SMILES string of the molecule is [B]=CC1CCC(C)CC1. The van der Waals surface area contributed by atoms with Gasteiger partial charge in [-0.25, -0.2) is 0 Å². The van der Waals surface area contributed by atoms with Crippen LogP contribution >= 0.6 is 0 Å². The van der Waals surface area contributed by atoms with Crippen LogP contribution in [0, 0.1) is 11.8 Å². The first kappa shape index (κ1) is 7.05. The van der Waals surface area contributed by atoms with Crippen LogP contribution in [0.5, 0.6) is 0 Å². The summed E-state index contributed by atoms with van der Waals surface area (Å²) in [5.74, 6) is 3.54. The molecule has 0 heterocycles. The summed E-state index contributed by atoms with van der Waals surface area (Å²) >= 11 is 0. The number of hydrogen-bond donors (Lipinski definition) is 0. The van der Waals surface area contributed by atoms with Crippen LogP contribution in [0.15, 0.2) is 0 Å². The summed E-state index contributed by atoms with van der Waals surface area (Å²) in [7, 11) is 5.42. The van der Waals surface area contributed by atoms with Crippen molar-refractivity contribution in [2.75, 3.05) is 0 Å². The van der Waals surface area contributed by atoms with Gasteiger partial charge in [0.25, 0.3) is 0 Å². The first-order chi connectivity index (χ1) is 4.33. The molecule has 9 heavy (non-hydrogen) atoms. The Hall–Kier alpha value is -0.0651. The molecule has 1 radical (unpaired) electrons. The molecule has 1 fully saturated rings. The zero-order valence-electron chi connectivity index (χ0n) is 6.14. The molecule has 0 aromatic carbocycles. The molecule has 0 amide bonds. The average Bonchev–Trinajstić information content (AvgIpc) is 1.90. The molecule has 0 nitrogen and oxygen atoms in total. The predicted molar refractivity (Wildman–Crippen MR) is 42.9 cm³/mol. The third kappa shape index (κ3) is 1.96. The second-order valence-electron chi connectivity index (χ2n) is 3.21. The van der Waals surface area contributed by atoms with Crippen molar-refractivity contribution in [2.45, 2.75) is 32.6 Å². The summed E-state index contributed by atoms with van der Waals surface area (Å²) in [4.78, 5) is 0. The average molecular weight is 121 g/mol. The van der Waals surface area contributed by atoms with Crippen LogP contribution in [-0.4, -0.2) is 13.5 Å². The topological polar surface area (TPSA) is 0 Å². The summed E-state index contributed by atoms with van der Waals surface area (Å²) in [6, 6.07) is 0. The Morgan fingerprint density at radius 2 is 1.78 bits per heavy atom. The van der Waals surface area contributed by atoms with Gasteiger partial charge in [-0.05, 0) is 0 Å². The predicted octanol–water partition coefficient (Wildman–Crippen LogP) is 1.78. The summed E-state index contributed by atoms with van der Waals surface area (Å²) in [5, 5.41) is 0. The maximum absolute atomic E-state index is 5.42. The van der Waals surface area contributed by atoms with Gasteiger partial charge in [0.1, 0.15) is 0 Å². The first-order valence-electron chi connectivity index (χ1n) is 3.88. The van der Waals surface area contributed by atoms with E-state index in [4.69, 9.17) is 7.49 Å². The van der Waals surface area contributed by atoms with Crippen LogP contribution < -0.4 is 0 Å². The van der Waals surface area contributed by atoms with Gasteiger partial charge in [0.2, 0.25) is 0 Å². The van der Waals surface area contributed by atoms with E-state index in [1.54, 1.807) is 0 Å². The zero-order chi connectivity index (χ0) is 6.69. The van der Waals surface area contributed by atoms with Crippen molar-refractivity contribution in [1.82, 2.24) is 0 Å². The van der Waals surface area contributed by atoms with E-state index in [-0.39, 0.29) is 0 Å². The van der Waals surface area contributed by atoms with E-state index in [9.17, 15) is 0 Å². The van der Waals surface area contributed by atoms with Gasteiger partial charge in [-0.15, -0.1) is 0 Å². The number of rotatable bonds is 1. The Balaban J connectivity index is 2.26. The van der Waals surface area contributed by atoms with Gasteiger partial charge in [-0.2, -0.15) is 0 Å². The molecular formula is C8H14B. The van der Waals surface area contributed by atoms with E-state index in [1.165, 1.54) is 25.7 Å². The van der Waals surface area contributed by atoms with Crippen molar-refractivity contribution in [1.29, 1.82) is 0 Å². The summed E-state index contributed by atoms with van der Waals surface area (Å²) in [6.45, 7) is 2.33. The fourth-order valence-electron chi connectivity index (χ4n) is 1.48. The van der Waals surface area contributed by atoms with Gasteiger partial charge in [-0.3, -0.25) is 0 Å².